The number of carbonyl (C=O) groups is 1. The number of fused-ring (bicyclic) bond motifs is 1. The van der Waals surface area contributed by atoms with Crippen LogP contribution in [0.1, 0.15) is 67.2 Å². The number of hydrogen-bond acceptors (Lipinski definition) is 9. The van der Waals surface area contributed by atoms with Crippen molar-refractivity contribution >= 4 is 49.8 Å². The van der Waals surface area contributed by atoms with Gasteiger partial charge in [-0.25, -0.2) is 23.4 Å². The van der Waals surface area contributed by atoms with E-state index in [-0.39, 0.29) is 16.9 Å². The molecule has 0 aliphatic carbocycles. The van der Waals surface area contributed by atoms with Gasteiger partial charge in [-0.3, -0.25) is 9.52 Å². The summed E-state index contributed by atoms with van der Waals surface area (Å²) in [7, 11) is -2.18. The number of aryl methyl sites for hydroxylation is 1. The van der Waals surface area contributed by atoms with E-state index in [2.05, 4.69) is 25.3 Å². The Morgan fingerprint density at radius 3 is 2.57 bits per heavy atom. The number of pyridine rings is 1. The zero-order valence-corrected chi connectivity index (χ0v) is 28.0. The van der Waals surface area contributed by atoms with E-state index in [9.17, 15) is 13.2 Å². The summed E-state index contributed by atoms with van der Waals surface area (Å²) in [6, 6.07) is 12.8. The van der Waals surface area contributed by atoms with Gasteiger partial charge in [0, 0.05) is 30.2 Å². The van der Waals surface area contributed by atoms with E-state index in [1.165, 1.54) is 13.4 Å². The summed E-state index contributed by atoms with van der Waals surface area (Å²) in [5.41, 5.74) is 5.37. The largest absolute Gasteiger partial charge is 0.492 e. The zero-order chi connectivity index (χ0) is 33.1. The maximum absolute atomic E-state index is 13.6. The number of aromatic nitrogens is 3. The molecule has 12 heteroatoms. The third kappa shape index (κ3) is 8.10. The van der Waals surface area contributed by atoms with Crippen molar-refractivity contribution < 1.29 is 22.7 Å². The van der Waals surface area contributed by atoms with Crippen molar-refractivity contribution in [3.63, 3.8) is 0 Å². The molecule has 1 aliphatic heterocycles. The fourth-order valence-corrected chi connectivity index (χ4v) is 6.03. The average molecular weight is 647 g/mol. The summed E-state index contributed by atoms with van der Waals surface area (Å²) in [6.45, 7) is 9.51. The molecular weight excluding hydrogens is 604 g/mol. The van der Waals surface area contributed by atoms with E-state index >= 15 is 0 Å². The highest BCUT2D eigenvalue weighted by molar-refractivity contribution is 7.92. The van der Waals surface area contributed by atoms with E-state index in [4.69, 9.17) is 14.5 Å². The van der Waals surface area contributed by atoms with Gasteiger partial charge in [0.2, 0.25) is 10.0 Å². The van der Waals surface area contributed by atoms with Crippen molar-refractivity contribution in [2.75, 3.05) is 41.9 Å². The average Bonchev–Trinajstić information content (AvgIpc) is 3.26. The monoisotopic (exact) mass is 646 g/mol. The number of hydrogen-bond donors (Lipinski definition) is 3. The summed E-state index contributed by atoms with van der Waals surface area (Å²) in [6.07, 6.45) is 6.75. The predicted molar refractivity (Wildman–Crippen MR) is 182 cm³/mol. The predicted octanol–water partition coefficient (Wildman–Crippen LogP) is 6.37. The molecule has 1 atom stereocenters. The molecular formula is C34H42N6O5S. The lowest BCUT2D eigenvalue weighted by atomic mass is 9.86. The number of sulfonamides is 1. The van der Waals surface area contributed by atoms with Crippen LogP contribution in [-0.4, -0.2) is 55.9 Å². The molecule has 0 bridgehead atoms. The Bertz CT molecular complexity index is 1850. The maximum Gasteiger partial charge on any atom is 0.255 e. The minimum absolute atomic E-state index is 0.210. The maximum atomic E-state index is 13.6. The molecule has 3 heterocycles. The number of amides is 1. The highest BCUT2D eigenvalue weighted by atomic mass is 32.2. The molecule has 1 saturated heterocycles. The van der Waals surface area contributed by atoms with Crippen LogP contribution in [0.15, 0.2) is 48.8 Å². The number of benzene rings is 2. The fraction of sp³-hybridized carbons (Fsp3) is 0.412. The van der Waals surface area contributed by atoms with Crippen molar-refractivity contribution in [1.29, 1.82) is 0 Å². The molecule has 0 spiro atoms. The highest BCUT2D eigenvalue weighted by Crippen LogP contribution is 2.39. The van der Waals surface area contributed by atoms with Crippen LogP contribution in [-0.2, 0) is 26.6 Å². The molecule has 1 unspecified atom stereocenters. The summed E-state index contributed by atoms with van der Waals surface area (Å²) >= 11 is 0. The van der Waals surface area contributed by atoms with Crippen LogP contribution in [0.5, 0.6) is 5.75 Å². The minimum Gasteiger partial charge on any atom is -0.492 e. The van der Waals surface area contributed by atoms with Crippen molar-refractivity contribution in [3.8, 4) is 5.75 Å². The third-order valence-corrected chi connectivity index (χ3v) is 8.59. The lowest BCUT2D eigenvalue weighted by molar-refractivity contribution is 0.102. The van der Waals surface area contributed by atoms with E-state index in [1.54, 1.807) is 24.3 Å². The van der Waals surface area contributed by atoms with Gasteiger partial charge in [0.05, 0.1) is 30.3 Å². The third-order valence-electron chi connectivity index (χ3n) is 8.00. The molecule has 4 aromatic rings. The normalized spacial score (nSPS) is 15.7. The number of ether oxygens (including phenoxy) is 2. The Balaban J connectivity index is 1.43. The second kappa shape index (κ2) is 13.6. The van der Waals surface area contributed by atoms with Gasteiger partial charge >= 0.3 is 0 Å². The van der Waals surface area contributed by atoms with Crippen molar-refractivity contribution in [1.82, 2.24) is 15.0 Å². The molecule has 1 fully saturated rings. The van der Waals surface area contributed by atoms with Gasteiger partial charge in [-0.2, -0.15) is 0 Å². The summed E-state index contributed by atoms with van der Waals surface area (Å²) in [5, 5.41) is 6.31. The van der Waals surface area contributed by atoms with Crippen LogP contribution < -0.4 is 20.1 Å². The van der Waals surface area contributed by atoms with Crippen LogP contribution in [0.4, 0.5) is 22.9 Å². The van der Waals surface area contributed by atoms with Gasteiger partial charge in [0.1, 0.15) is 11.8 Å². The topological polar surface area (TPSA) is 144 Å². The first kappa shape index (κ1) is 33.1. The molecule has 5 rings (SSSR count). The lowest BCUT2D eigenvalue weighted by Gasteiger charge is -2.24. The Labute approximate surface area is 270 Å². The number of rotatable bonds is 9. The van der Waals surface area contributed by atoms with Crippen LogP contribution in [0.25, 0.3) is 11.0 Å². The number of methoxy groups -OCH3 is 1. The van der Waals surface area contributed by atoms with E-state index < -0.39 is 15.9 Å². The smallest absolute Gasteiger partial charge is 0.255 e. The van der Waals surface area contributed by atoms with Gasteiger partial charge < -0.3 is 20.1 Å². The second-order valence-electron chi connectivity index (χ2n) is 12.9. The number of carbonyl (C=O) groups excluding carboxylic acids is 1. The first-order chi connectivity index (χ1) is 21.8. The van der Waals surface area contributed by atoms with Crippen LogP contribution in [0, 0.1) is 12.8 Å². The van der Waals surface area contributed by atoms with E-state index in [1.807, 2.05) is 45.9 Å². The Hall–Kier alpha value is -4.29. The molecule has 2 aromatic carbocycles. The molecule has 1 aliphatic rings. The zero-order valence-electron chi connectivity index (χ0n) is 27.2. The quantitative estimate of drug-likeness (QED) is 0.189. The molecule has 11 nitrogen and oxygen atoms in total. The van der Waals surface area contributed by atoms with Gasteiger partial charge in [0.15, 0.2) is 11.6 Å². The van der Waals surface area contributed by atoms with Crippen LogP contribution in [0.3, 0.4) is 0 Å². The van der Waals surface area contributed by atoms with E-state index in [0.717, 1.165) is 62.0 Å². The Kier molecular flexibility index (Phi) is 9.78. The first-order valence-corrected chi connectivity index (χ1v) is 17.3. The lowest BCUT2D eigenvalue weighted by Crippen LogP contribution is -2.18. The van der Waals surface area contributed by atoms with Gasteiger partial charge in [0.25, 0.3) is 5.91 Å². The summed E-state index contributed by atoms with van der Waals surface area (Å²) < 4.78 is 38.1. The van der Waals surface area contributed by atoms with Gasteiger partial charge in [-0.15, -0.1) is 0 Å². The van der Waals surface area contributed by atoms with Crippen LogP contribution >= 0.6 is 0 Å². The van der Waals surface area contributed by atoms with Crippen molar-refractivity contribution in [2.45, 2.75) is 58.8 Å². The second-order valence-corrected chi connectivity index (χ2v) is 14.6. The molecule has 0 radical (unpaired) electrons. The Morgan fingerprint density at radius 1 is 1.04 bits per heavy atom. The minimum atomic E-state index is -3.61. The summed E-state index contributed by atoms with van der Waals surface area (Å²) in [4.78, 5) is 27.5. The van der Waals surface area contributed by atoms with Crippen LogP contribution in [0.2, 0.25) is 0 Å². The Morgan fingerprint density at radius 2 is 1.83 bits per heavy atom. The highest BCUT2D eigenvalue weighted by Gasteiger charge is 2.23. The first-order valence-electron chi connectivity index (χ1n) is 15.4. The summed E-state index contributed by atoms with van der Waals surface area (Å²) in [5.74, 6) is 0.783. The molecule has 1 amide bonds. The SMILES string of the molecule is COc1c(NC(=O)c2ccc(C)c(Nc3ncnc4ccc(CC5CCCCOC5)nc34)c2)cc(C(C)(C)C)cc1NS(C)(=O)=O. The number of nitrogens with zero attached hydrogens (tertiary/aromatic N) is 3. The molecule has 46 heavy (non-hydrogen) atoms. The fourth-order valence-electron chi connectivity index (χ4n) is 5.48. The molecule has 0 saturated carbocycles. The molecule has 3 N–H and O–H groups in total. The van der Waals surface area contributed by atoms with Crippen molar-refractivity contribution in [3.05, 3.63) is 71.2 Å². The van der Waals surface area contributed by atoms with Gasteiger partial charge in [-0.1, -0.05) is 33.3 Å². The number of anilines is 4. The molecule has 2 aromatic heterocycles. The number of nitrogens with one attached hydrogen (secondary N) is 3. The van der Waals surface area contributed by atoms with E-state index in [0.29, 0.717) is 39.7 Å². The van der Waals surface area contributed by atoms with Gasteiger partial charge in [-0.05, 0) is 85.0 Å². The molecule has 244 valence electrons. The van der Waals surface area contributed by atoms with Crippen molar-refractivity contribution in [2.24, 2.45) is 5.92 Å². The standard InChI is InChI=1S/C34H42N6O5S/c1-21-10-11-23(33(41)39-28-17-24(34(2,3)4)18-29(31(28)44-5)40-46(6,42)43)16-27(21)38-32-30-26(35-20-36-32)13-12-25(37-30)15-22-9-7-8-14-45-19-22/h10-13,16-18,20,22,40H,7-9,14-15,19H2,1-6H3,(H,39,41)(H,35,36,38).